The molecule has 1 N–H and O–H groups in total. The molecule has 16 heavy (non-hydrogen) atoms. The lowest BCUT2D eigenvalue weighted by Crippen LogP contribution is -2.38. The summed E-state index contributed by atoms with van der Waals surface area (Å²) in [7, 11) is 0. The summed E-state index contributed by atoms with van der Waals surface area (Å²) in [5.41, 5.74) is 2.74. The summed E-state index contributed by atoms with van der Waals surface area (Å²) in [6, 6.07) is 6.22. The quantitative estimate of drug-likeness (QED) is 0.789. The van der Waals surface area contributed by atoms with Gasteiger partial charge in [0.2, 0.25) is 0 Å². The van der Waals surface area contributed by atoms with E-state index in [4.69, 9.17) is 4.74 Å². The van der Waals surface area contributed by atoms with Crippen molar-refractivity contribution in [1.82, 2.24) is 5.32 Å². The number of nitrogens with one attached hydrogen (secondary N) is 1. The summed E-state index contributed by atoms with van der Waals surface area (Å²) in [5, 5.41) is 3.39. The van der Waals surface area contributed by atoms with Crippen molar-refractivity contribution in [1.29, 1.82) is 0 Å². The van der Waals surface area contributed by atoms with Crippen molar-refractivity contribution in [3.05, 3.63) is 29.3 Å². The van der Waals surface area contributed by atoms with Crippen molar-refractivity contribution in [2.45, 2.75) is 40.2 Å². The Hall–Kier alpha value is -1.02. The highest BCUT2D eigenvalue weighted by Crippen LogP contribution is 2.16. The lowest BCUT2D eigenvalue weighted by Gasteiger charge is -2.20. The van der Waals surface area contributed by atoms with Crippen molar-refractivity contribution in [3.8, 4) is 5.75 Å². The molecule has 90 valence electrons. The number of aryl methyl sites for hydroxylation is 2. The van der Waals surface area contributed by atoms with Gasteiger partial charge in [-0.3, -0.25) is 0 Å². The molecule has 0 heterocycles. The van der Waals surface area contributed by atoms with Crippen LogP contribution in [0.2, 0.25) is 0 Å². The fourth-order valence-corrected chi connectivity index (χ4v) is 1.40. The van der Waals surface area contributed by atoms with Crippen molar-refractivity contribution in [2.75, 3.05) is 13.2 Å². The molecule has 0 bridgehead atoms. The van der Waals surface area contributed by atoms with Crippen LogP contribution in [0.3, 0.4) is 0 Å². The van der Waals surface area contributed by atoms with Crippen molar-refractivity contribution >= 4 is 0 Å². The van der Waals surface area contributed by atoms with Crippen LogP contribution in [-0.4, -0.2) is 18.7 Å². The monoisotopic (exact) mass is 221 g/mol. The molecule has 1 rings (SSSR count). The summed E-state index contributed by atoms with van der Waals surface area (Å²) >= 11 is 0. The second-order valence-electron chi connectivity index (χ2n) is 5.27. The second-order valence-corrected chi connectivity index (χ2v) is 5.27. The topological polar surface area (TPSA) is 21.3 Å². The predicted molar refractivity (Wildman–Crippen MR) is 69.2 cm³/mol. The van der Waals surface area contributed by atoms with Gasteiger partial charge in [-0.2, -0.15) is 0 Å². The Morgan fingerprint density at radius 3 is 2.38 bits per heavy atom. The summed E-state index contributed by atoms with van der Waals surface area (Å²) < 4.78 is 5.67. The third kappa shape index (κ3) is 4.67. The van der Waals surface area contributed by atoms with Crippen LogP contribution < -0.4 is 10.1 Å². The van der Waals surface area contributed by atoms with E-state index in [-0.39, 0.29) is 5.54 Å². The van der Waals surface area contributed by atoms with Gasteiger partial charge in [0.25, 0.3) is 0 Å². The van der Waals surface area contributed by atoms with E-state index in [0.717, 1.165) is 12.3 Å². The smallest absolute Gasteiger partial charge is 0.119 e. The lowest BCUT2D eigenvalue weighted by atomic mass is 10.1. The molecule has 0 fully saturated rings. The van der Waals surface area contributed by atoms with E-state index in [1.807, 2.05) is 6.07 Å². The Morgan fingerprint density at radius 2 is 1.81 bits per heavy atom. The predicted octanol–water partition coefficient (Wildman–Crippen LogP) is 3.07. The van der Waals surface area contributed by atoms with Crippen molar-refractivity contribution in [3.63, 3.8) is 0 Å². The third-order valence-corrected chi connectivity index (χ3v) is 2.50. The van der Waals surface area contributed by atoms with Gasteiger partial charge in [-0.1, -0.05) is 6.07 Å². The van der Waals surface area contributed by atoms with Gasteiger partial charge in [0.15, 0.2) is 0 Å². The Balaban J connectivity index is 2.35. The maximum absolute atomic E-state index is 5.67. The summed E-state index contributed by atoms with van der Waals surface area (Å²) in [4.78, 5) is 0. The van der Waals surface area contributed by atoms with Crippen LogP contribution in [0.15, 0.2) is 18.2 Å². The van der Waals surface area contributed by atoms with Gasteiger partial charge >= 0.3 is 0 Å². The minimum atomic E-state index is 0.159. The van der Waals surface area contributed by atoms with Gasteiger partial charge in [0.05, 0.1) is 0 Å². The van der Waals surface area contributed by atoms with E-state index in [9.17, 15) is 0 Å². The Bertz CT molecular complexity index is 339. The van der Waals surface area contributed by atoms with E-state index >= 15 is 0 Å². The average Bonchev–Trinajstić information content (AvgIpc) is 2.17. The van der Waals surface area contributed by atoms with Crippen LogP contribution in [-0.2, 0) is 0 Å². The van der Waals surface area contributed by atoms with E-state index in [0.29, 0.717) is 6.61 Å². The first-order valence-corrected chi connectivity index (χ1v) is 5.83. The molecule has 0 aromatic heterocycles. The summed E-state index contributed by atoms with van der Waals surface area (Å²) in [5.74, 6) is 0.957. The molecule has 0 aliphatic rings. The Kier molecular flexibility index (Phi) is 4.36. The van der Waals surface area contributed by atoms with Crippen LogP contribution in [0.5, 0.6) is 5.75 Å². The SMILES string of the molecule is Cc1ccc(OCCNC(C)(C)C)cc1C. The van der Waals surface area contributed by atoms with E-state index in [2.05, 4.69) is 52.1 Å². The molecule has 0 saturated heterocycles. The normalized spacial score (nSPS) is 11.6. The van der Waals surface area contributed by atoms with Crippen LogP contribution in [0.4, 0.5) is 0 Å². The molecule has 0 atom stereocenters. The van der Waals surface area contributed by atoms with Gasteiger partial charge in [-0.25, -0.2) is 0 Å². The molecule has 0 aliphatic heterocycles. The first-order chi connectivity index (χ1) is 7.38. The number of hydrogen-bond donors (Lipinski definition) is 1. The standard InChI is InChI=1S/C14H23NO/c1-11-6-7-13(10-12(11)2)16-9-8-15-14(3,4)5/h6-7,10,15H,8-9H2,1-5H3. The molecule has 2 heteroatoms. The molecular formula is C14H23NO. The summed E-state index contributed by atoms with van der Waals surface area (Å²) in [6.07, 6.45) is 0. The molecule has 1 aromatic carbocycles. The van der Waals surface area contributed by atoms with Crippen LogP contribution in [0.1, 0.15) is 31.9 Å². The molecule has 0 aliphatic carbocycles. The highest BCUT2D eigenvalue weighted by atomic mass is 16.5. The van der Waals surface area contributed by atoms with Crippen LogP contribution in [0, 0.1) is 13.8 Å². The van der Waals surface area contributed by atoms with Crippen molar-refractivity contribution in [2.24, 2.45) is 0 Å². The Morgan fingerprint density at radius 1 is 1.12 bits per heavy atom. The number of hydrogen-bond acceptors (Lipinski definition) is 2. The number of ether oxygens (including phenoxy) is 1. The van der Waals surface area contributed by atoms with E-state index in [1.54, 1.807) is 0 Å². The molecule has 0 unspecified atom stereocenters. The highest BCUT2D eigenvalue weighted by Gasteiger charge is 2.07. The molecular weight excluding hydrogens is 198 g/mol. The Labute approximate surface area is 99.0 Å². The minimum absolute atomic E-state index is 0.159. The molecule has 0 amide bonds. The zero-order valence-electron chi connectivity index (χ0n) is 11.1. The van der Waals surface area contributed by atoms with E-state index in [1.165, 1.54) is 11.1 Å². The first-order valence-electron chi connectivity index (χ1n) is 5.83. The summed E-state index contributed by atoms with van der Waals surface area (Å²) in [6.45, 7) is 12.3. The zero-order chi connectivity index (χ0) is 12.2. The zero-order valence-corrected chi connectivity index (χ0v) is 11.1. The minimum Gasteiger partial charge on any atom is -0.492 e. The third-order valence-electron chi connectivity index (χ3n) is 2.50. The van der Waals surface area contributed by atoms with Gasteiger partial charge in [-0.05, 0) is 57.9 Å². The maximum atomic E-state index is 5.67. The van der Waals surface area contributed by atoms with Gasteiger partial charge in [-0.15, -0.1) is 0 Å². The molecule has 0 spiro atoms. The molecule has 0 saturated carbocycles. The maximum Gasteiger partial charge on any atom is 0.119 e. The largest absolute Gasteiger partial charge is 0.492 e. The number of benzene rings is 1. The van der Waals surface area contributed by atoms with Gasteiger partial charge < -0.3 is 10.1 Å². The molecule has 0 radical (unpaired) electrons. The second kappa shape index (κ2) is 5.35. The van der Waals surface area contributed by atoms with Crippen molar-refractivity contribution < 1.29 is 4.74 Å². The number of rotatable bonds is 4. The molecule has 1 aromatic rings. The van der Waals surface area contributed by atoms with E-state index < -0.39 is 0 Å². The van der Waals surface area contributed by atoms with Crippen LogP contribution in [0.25, 0.3) is 0 Å². The first kappa shape index (κ1) is 13.0. The average molecular weight is 221 g/mol. The van der Waals surface area contributed by atoms with Gasteiger partial charge in [0, 0.05) is 12.1 Å². The van der Waals surface area contributed by atoms with Gasteiger partial charge in [0.1, 0.15) is 12.4 Å². The molecule has 2 nitrogen and oxygen atoms in total. The highest BCUT2D eigenvalue weighted by molar-refractivity contribution is 5.33. The van der Waals surface area contributed by atoms with Crippen LogP contribution >= 0.6 is 0 Å². The fraction of sp³-hybridized carbons (Fsp3) is 0.571. The fourth-order valence-electron chi connectivity index (χ4n) is 1.40. The lowest BCUT2D eigenvalue weighted by molar-refractivity contribution is 0.291.